The first kappa shape index (κ1) is 6.80. The molecule has 1 fully saturated rings. The molecule has 0 aliphatic carbocycles. The van der Waals surface area contributed by atoms with Crippen LogP contribution in [0.2, 0.25) is 0 Å². The number of aromatic nitrogens is 1. The summed E-state index contributed by atoms with van der Waals surface area (Å²) in [6.07, 6.45) is 3.26. The van der Waals surface area contributed by atoms with Gasteiger partial charge in [0.15, 0.2) is 0 Å². The molecular weight excluding hydrogens is 138 g/mol. The van der Waals surface area contributed by atoms with E-state index in [4.69, 9.17) is 4.74 Å². The maximum atomic E-state index is 5.13. The van der Waals surface area contributed by atoms with Gasteiger partial charge in [-0.05, 0) is 18.6 Å². The molecule has 2 heterocycles. The van der Waals surface area contributed by atoms with Gasteiger partial charge in [-0.2, -0.15) is 0 Å². The minimum Gasteiger partial charge on any atom is -0.373 e. The fourth-order valence-electron chi connectivity index (χ4n) is 1.13. The van der Waals surface area contributed by atoms with Crippen molar-refractivity contribution < 1.29 is 4.74 Å². The summed E-state index contributed by atoms with van der Waals surface area (Å²) in [5, 5.41) is 0. The SMILES string of the molecule is Cc1cccnc1CC1CO1. The van der Waals surface area contributed by atoms with Crippen molar-refractivity contribution in [3.8, 4) is 0 Å². The third-order valence-electron chi connectivity index (χ3n) is 1.94. The van der Waals surface area contributed by atoms with Crippen molar-refractivity contribution in [3.63, 3.8) is 0 Å². The predicted molar refractivity (Wildman–Crippen MR) is 42.4 cm³/mol. The standard InChI is InChI=1S/C9H11NO/c1-7-3-2-4-10-9(7)5-8-6-11-8/h2-4,8H,5-6H2,1H3. The topological polar surface area (TPSA) is 25.4 Å². The van der Waals surface area contributed by atoms with Crippen molar-refractivity contribution in [3.05, 3.63) is 29.6 Å². The van der Waals surface area contributed by atoms with Gasteiger partial charge in [0.2, 0.25) is 0 Å². The van der Waals surface area contributed by atoms with E-state index in [1.165, 1.54) is 11.3 Å². The highest BCUT2D eigenvalue weighted by molar-refractivity contribution is 5.18. The summed E-state index contributed by atoms with van der Waals surface area (Å²) >= 11 is 0. The summed E-state index contributed by atoms with van der Waals surface area (Å²) in [6.45, 7) is 3.00. The van der Waals surface area contributed by atoms with Gasteiger partial charge in [-0.25, -0.2) is 0 Å². The van der Waals surface area contributed by atoms with Gasteiger partial charge < -0.3 is 4.74 Å². The number of nitrogens with zero attached hydrogens (tertiary/aromatic N) is 1. The Hall–Kier alpha value is -0.890. The molecule has 58 valence electrons. The van der Waals surface area contributed by atoms with E-state index in [0.29, 0.717) is 6.10 Å². The van der Waals surface area contributed by atoms with Crippen LogP contribution in [0.25, 0.3) is 0 Å². The normalized spacial score (nSPS) is 21.7. The zero-order valence-electron chi connectivity index (χ0n) is 6.58. The summed E-state index contributed by atoms with van der Waals surface area (Å²) in [7, 11) is 0. The van der Waals surface area contributed by atoms with Gasteiger partial charge in [0.1, 0.15) is 0 Å². The molecule has 1 unspecified atom stereocenters. The maximum absolute atomic E-state index is 5.13. The highest BCUT2D eigenvalue weighted by atomic mass is 16.6. The number of hydrogen-bond donors (Lipinski definition) is 0. The van der Waals surface area contributed by atoms with Crippen molar-refractivity contribution in [1.82, 2.24) is 4.98 Å². The molecule has 1 aromatic heterocycles. The molecule has 0 saturated carbocycles. The summed E-state index contributed by atoms with van der Waals surface area (Å²) in [4.78, 5) is 4.28. The second kappa shape index (κ2) is 2.62. The number of epoxide rings is 1. The second-order valence-electron chi connectivity index (χ2n) is 2.93. The first-order chi connectivity index (χ1) is 5.36. The fourth-order valence-corrected chi connectivity index (χ4v) is 1.13. The lowest BCUT2D eigenvalue weighted by atomic mass is 10.1. The molecule has 0 amide bonds. The Kier molecular flexibility index (Phi) is 1.62. The third-order valence-corrected chi connectivity index (χ3v) is 1.94. The van der Waals surface area contributed by atoms with Crippen molar-refractivity contribution in [2.45, 2.75) is 19.4 Å². The van der Waals surface area contributed by atoms with Crippen LogP contribution in [0.4, 0.5) is 0 Å². The zero-order valence-corrected chi connectivity index (χ0v) is 6.58. The first-order valence-electron chi connectivity index (χ1n) is 3.88. The number of ether oxygens (including phenoxy) is 1. The average Bonchev–Trinajstić information content (AvgIpc) is 2.78. The van der Waals surface area contributed by atoms with Crippen LogP contribution in [-0.2, 0) is 11.2 Å². The molecule has 1 aliphatic heterocycles. The van der Waals surface area contributed by atoms with Crippen LogP contribution in [0.5, 0.6) is 0 Å². The minimum absolute atomic E-state index is 0.448. The van der Waals surface area contributed by atoms with Crippen LogP contribution in [0, 0.1) is 6.92 Å². The summed E-state index contributed by atoms with van der Waals surface area (Å²) in [6, 6.07) is 4.05. The van der Waals surface area contributed by atoms with Crippen LogP contribution < -0.4 is 0 Å². The van der Waals surface area contributed by atoms with Gasteiger partial charge in [-0.1, -0.05) is 6.07 Å². The molecule has 0 aromatic carbocycles. The largest absolute Gasteiger partial charge is 0.373 e. The van der Waals surface area contributed by atoms with Crippen molar-refractivity contribution >= 4 is 0 Å². The molecule has 11 heavy (non-hydrogen) atoms. The van der Waals surface area contributed by atoms with E-state index in [9.17, 15) is 0 Å². The monoisotopic (exact) mass is 149 g/mol. The number of hydrogen-bond acceptors (Lipinski definition) is 2. The Labute approximate surface area is 66.2 Å². The van der Waals surface area contributed by atoms with Crippen molar-refractivity contribution in [2.75, 3.05) is 6.61 Å². The van der Waals surface area contributed by atoms with Gasteiger partial charge >= 0.3 is 0 Å². The van der Waals surface area contributed by atoms with Crippen LogP contribution in [0.15, 0.2) is 18.3 Å². The second-order valence-corrected chi connectivity index (χ2v) is 2.93. The average molecular weight is 149 g/mol. The Morgan fingerprint density at radius 3 is 3.18 bits per heavy atom. The van der Waals surface area contributed by atoms with E-state index in [2.05, 4.69) is 18.0 Å². The Morgan fingerprint density at radius 1 is 1.73 bits per heavy atom. The summed E-state index contributed by atoms with van der Waals surface area (Å²) in [5.74, 6) is 0. The van der Waals surface area contributed by atoms with Gasteiger partial charge in [-0.15, -0.1) is 0 Å². The van der Waals surface area contributed by atoms with Crippen molar-refractivity contribution in [2.24, 2.45) is 0 Å². The minimum atomic E-state index is 0.448. The van der Waals surface area contributed by atoms with Gasteiger partial charge in [0.25, 0.3) is 0 Å². The lowest BCUT2D eigenvalue weighted by molar-refractivity contribution is 0.406. The quantitative estimate of drug-likeness (QED) is 0.593. The molecule has 0 spiro atoms. The lowest BCUT2D eigenvalue weighted by Gasteiger charge is -1.99. The molecule has 1 saturated heterocycles. The van der Waals surface area contributed by atoms with E-state index in [-0.39, 0.29) is 0 Å². The van der Waals surface area contributed by atoms with E-state index in [1.807, 2.05) is 12.3 Å². The van der Waals surface area contributed by atoms with Crippen LogP contribution >= 0.6 is 0 Å². The first-order valence-corrected chi connectivity index (χ1v) is 3.88. The highest BCUT2D eigenvalue weighted by Gasteiger charge is 2.23. The predicted octanol–water partition coefficient (Wildman–Crippen LogP) is 1.33. The molecule has 2 rings (SSSR count). The maximum Gasteiger partial charge on any atom is 0.0865 e. The van der Waals surface area contributed by atoms with Crippen LogP contribution in [0.1, 0.15) is 11.3 Å². The smallest absolute Gasteiger partial charge is 0.0865 e. The van der Waals surface area contributed by atoms with Gasteiger partial charge in [0, 0.05) is 18.3 Å². The lowest BCUT2D eigenvalue weighted by Crippen LogP contribution is -1.98. The van der Waals surface area contributed by atoms with Gasteiger partial charge in [0.05, 0.1) is 12.7 Å². The third kappa shape index (κ3) is 1.57. The summed E-state index contributed by atoms with van der Waals surface area (Å²) < 4.78 is 5.13. The number of pyridine rings is 1. The fraction of sp³-hybridized carbons (Fsp3) is 0.444. The van der Waals surface area contributed by atoms with E-state index >= 15 is 0 Å². The Morgan fingerprint density at radius 2 is 2.55 bits per heavy atom. The van der Waals surface area contributed by atoms with E-state index in [0.717, 1.165) is 13.0 Å². The van der Waals surface area contributed by atoms with E-state index < -0.39 is 0 Å². The van der Waals surface area contributed by atoms with Gasteiger partial charge in [-0.3, -0.25) is 4.98 Å². The molecule has 1 aromatic rings. The van der Waals surface area contributed by atoms with Crippen molar-refractivity contribution in [1.29, 1.82) is 0 Å². The summed E-state index contributed by atoms with van der Waals surface area (Å²) in [5.41, 5.74) is 2.44. The molecule has 2 heteroatoms. The highest BCUT2D eigenvalue weighted by Crippen LogP contribution is 2.16. The molecule has 0 bridgehead atoms. The Balaban J connectivity index is 2.15. The molecule has 2 nitrogen and oxygen atoms in total. The Bertz CT molecular complexity index is 255. The molecule has 0 radical (unpaired) electrons. The van der Waals surface area contributed by atoms with Crippen LogP contribution in [-0.4, -0.2) is 17.7 Å². The van der Waals surface area contributed by atoms with Crippen LogP contribution in [0.3, 0.4) is 0 Å². The molecular formula is C9H11NO. The molecule has 1 atom stereocenters. The zero-order chi connectivity index (χ0) is 7.68. The number of rotatable bonds is 2. The molecule has 1 aliphatic rings. The van der Waals surface area contributed by atoms with E-state index in [1.54, 1.807) is 0 Å². The molecule has 0 N–H and O–H groups in total. The number of aryl methyl sites for hydroxylation is 1.